The van der Waals surface area contributed by atoms with Gasteiger partial charge in [0, 0.05) is 6.20 Å². The fourth-order valence-electron chi connectivity index (χ4n) is 1.82. The standard InChI is InChI=1S/C15H13NO5/c1-2-21-15(20)10-5-3-9(4-6-10)11-7-12(14(18)19)13(17)16-8-11/h3-8H,2H2,1H3,(H,16,17)(H,18,19). The van der Waals surface area contributed by atoms with Gasteiger partial charge in [-0.3, -0.25) is 4.79 Å². The zero-order valence-corrected chi connectivity index (χ0v) is 11.3. The van der Waals surface area contributed by atoms with E-state index in [9.17, 15) is 14.4 Å². The number of benzene rings is 1. The van der Waals surface area contributed by atoms with Crippen LogP contribution in [0.25, 0.3) is 11.1 Å². The number of hydrogen-bond donors (Lipinski definition) is 2. The molecule has 21 heavy (non-hydrogen) atoms. The van der Waals surface area contributed by atoms with Crippen LogP contribution in [0.4, 0.5) is 0 Å². The third kappa shape index (κ3) is 3.17. The van der Waals surface area contributed by atoms with E-state index in [4.69, 9.17) is 9.84 Å². The average molecular weight is 287 g/mol. The van der Waals surface area contributed by atoms with Crippen LogP contribution in [0.1, 0.15) is 27.6 Å². The Morgan fingerprint density at radius 3 is 2.43 bits per heavy atom. The third-order valence-corrected chi connectivity index (χ3v) is 2.86. The van der Waals surface area contributed by atoms with Crippen molar-refractivity contribution in [3.05, 3.63) is 58.0 Å². The van der Waals surface area contributed by atoms with E-state index >= 15 is 0 Å². The van der Waals surface area contributed by atoms with Crippen LogP contribution in [-0.2, 0) is 4.74 Å². The lowest BCUT2D eigenvalue weighted by molar-refractivity contribution is 0.0526. The normalized spacial score (nSPS) is 10.1. The zero-order chi connectivity index (χ0) is 15.4. The van der Waals surface area contributed by atoms with E-state index in [0.29, 0.717) is 23.3 Å². The van der Waals surface area contributed by atoms with Crippen LogP contribution in [0.5, 0.6) is 0 Å². The van der Waals surface area contributed by atoms with Crippen LogP contribution < -0.4 is 5.56 Å². The highest BCUT2D eigenvalue weighted by Crippen LogP contribution is 2.19. The lowest BCUT2D eigenvalue weighted by Crippen LogP contribution is -2.16. The molecule has 6 heteroatoms. The number of aromatic carboxylic acids is 1. The Kier molecular flexibility index (Phi) is 4.18. The topological polar surface area (TPSA) is 96.5 Å². The number of rotatable bonds is 4. The minimum Gasteiger partial charge on any atom is -0.477 e. The van der Waals surface area contributed by atoms with Gasteiger partial charge in [-0.2, -0.15) is 0 Å². The molecular weight excluding hydrogens is 274 g/mol. The maximum absolute atomic E-state index is 11.5. The third-order valence-electron chi connectivity index (χ3n) is 2.86. The van der Waals surface area contributed by atoms with E-state index in [-0.39, 0.29) is 5.56 Å². The number of carboxylic acids is 1. The van der Waals surface area contributed by atoms with E-state index in [1.54, 1.807) is 31.2 Å². The number of hydrogen-bond acceptors (Lipinski definition) is 4. The summed E-state index contributed by atoms with van der Waals surface area (Å²) in [7, 11) is 0. The van der Waals surface area contributed by atoms with Gasteiger partial charge in [-0.1, -0.05) is 12.1 Å². The second-order valence-electron chi connectivity index (χ2n) is 4.23. The number of nitrogens with one attached hydrogen (secondary N) is 1. The molecule has 0 aliphatic heterocycles. The number of ether oxygens (including phenoxy) is 1. The summed E-state index contributed by atoms with van der Waals surface area (Å²) in [4.78, 5) is 36.2. The summed E-state index contributed by atoms with van der Waals surface area (Å²) in [5.41, 5.74) is 0.643. The Labute approximate surface area is 120 Å². The lowest BCUT2D eigenvalue weighted by Gasteiger charge is -2.05. The van der Waals surface area contributed by atoms with Crippen LogP contribution in [-0.4, -0.2) is 28.6 Å². The number of aromatic nitrogens is 1. The molecule has 108 valence electrons. The number of carbonyl (C=O) groups excluding carboxylic acids is 1. The first-order valence-corrected chi connectivity index (χ1v) is 6.26. The summed E-state index contributed by atoms with van der Waals surface area (Å²) in [6, 6.07) is 7.77. The van der Waals surface area contributed by atoms with E-state index in [2.05, 4.69) is 4.98 Å². The van der Waals surface area contributed by atoms with Gasteiger partial charge in [0.05, 0.1) is 12.2 Å². The molecule has 0 radical (unpaired) electrons. The summed E-state index contributed by atoms with van der Waals surface area (Å²) in [6.45, 7) is 2.02. The Hall–Kier alpha value is -2.89. The fourth-order valence-corrected chi connectivity index (χ4v) is 1.82. The molecule has 0 atom stereocenters. The molecule has 0 bridgehead atoms. The van der Waals surface area contributed by atoms with Crippen molar-refractivity contribution in [1.29, 1.82) is 0 Å². The molecule has 0 amide bonds. The van der Waals surface area contributed by atoms with Crippen LogP contribution in [0.15, 0.2) is 41.3 Å². The number of aromatic amines is 1. The van der Waals surface area contributed by atoms with Crippen LogP contribution in [0, 0.1) is 0 Å². The second kappa shape index (κ2) is 6.04. The number of H-pyrrole nitrogens is 1. The van der Waals surface area contributed by atoms with Gasteiger partial charge in [0.15, 0.2) is 0 Å². The van der Waals surface area contributed by atoms with Gasteiger partial charge in [-0.25, -0.2) is 9.59 Å². The van der Waals surface area contributed by atoms with Crippen molar-refractivity contribution in [3.63, 3.8) is 0 Å². The Morgan fingerprint density at radius 2 is 1.86 bits per heavy atom. The second-order valence-corrected chi connectivity index (χ2v) is 4.23. The van der Waals surface area contributed by atoms with Crippen molar-refractivity contribution in [3.8, 4) is 11.1 Å². The van der Waals surface area contributed by atoms with Crippen LogP contribution >= 0.6 is 0 Å². The Balaban J connectivity index is 2.35. The predicted molar refractivity (Wildman–Crippen MR) is 75.4 cm³/mol. The SMILES string of the molecule is CCOC(=O)c1ccc(-c2c[nH]c(=O)c(C(=O)O)c2)cc1. The minimum atomic E-state index is -1.29. The van der Waals surface area contributed by atoms with Crippen molar-refractivity contribution < 1.29 is 19.4 Å². The predicted octanol–water partition coefficient (Wildman–Crippen LogP) is 1.92. The van der Waals surface area contributed by atoms with E-state index in [1.165, 1.54) is 12.3 Å². The van der Waals surface area contributed by atoms with Crippen LogP contribution in [0.3, 0.4) is 0 Å². The average Bonchev–Trinajstić information content (AvgIpc) is 2.48. The van der Waals surface area contributed by atoms with Gasteiger partial charge < -0.3 is 14.8 Å². The van der Waals surface area contributed by atoms with Crippen molar-refractivity contribution >= 4 is 11.9 Å². The number of carboxylic acid groups (broad SMARTS) is 1. The summed E-state index contributed by atoms with van der Waals surface area (Å²) in [5.74, 6) is -1.71. The molecule has 1 aromatic heterocycles. The van der Waals surface area contributed by atoms with Gasteiger partial charge in [0.2, 0.25) is 0 Å². The molecule has 1 aromatic carbocycles. The highest BCUT2D eigenvalue weighted by atomic mass is 16.5. The molecule has 0 aliphatic rings. The van der Waals surface area contributed by atoms with Gasteiger partial charge in [-0.05, 0) is 36.2 Å². The van der Waals surface area contributed by atoms with Crippen LogP contribution in [0.2, 0.25) is 0 Å². The quantitative estimate of drug-likeness (QED) is 0.837. The maximum Gasteiger partial charge on any atom is 0.341 e. The molecule has 0 saturated carbocycles. The smallest absolute Gasteiger partial charge is 0.341 e. The molecule has 0 unspecified atom stereocenters. The largest absolute Gasteiger partial charge is 0.477 e. The highest BCUT2D eigenvalue weighted by molar-refractivity contribution is 5.91. The van der Waals surface area contributed by atoms with Crippen molar-refractivity contribution in [2.75, 3.05) is 6.61 Å². The molecule has 0 spiro atoms. The maximum atomic E-state index is 11.5. The molecule has 2 aromatic rings. The van der Waals surface area contributed by atoms with Crippen molar-refractivity contribution in [1.82, 2.24) is 4.98 Å². The monoisotopic (exact) mass is 287 g/mol. The fraction of sp³-hybridized carbons (Fsp3) is 0.133. The van der Waals surface area contributed by atoms with Crippen molar-refractivity contribution in [2.24, 2.45) is 0 Å². The van der Waals surface area contributed by atoms with Gasteiger partial charge in [0.1, 0.15) is 5.56 Å². The zero-order valence-electron chi connectivity index (χ0n) is 11.3. The first-order chi connectivity index (χ1) is 10.0. The number of pyridine rings is 1. The van der Waals surface area contributed by atoms with Crippen molar-refractivity contribution in [2.45, 2.75) is 6.92 Å². The number of carbonyl (C=O) groups is 2. The Bertz CT molecular complexity index is 730. The highest BCUT2D eigenvalue weighted by Gasteiger charge is 2.11. The summed E-state index contributed by atoms with van der Waals surface area (Å²) in [5, 5.41) is 8.93. The minimum absolute atomic E-state index is 0.294. The van der Waals surface area contributed by atoms with Gasteiger partial charge in [-0.15, -0.1) is 0 Å². The number of esters is 1. The van der Waals surface area contributed by atoms with E-state index in [0.717, 1.165) is 0 Å². The summed E-state index contributed by atoms with van der Waals surface area (Å²) < 4.78 is 4.88. The summed E-state index contributed by atoms with van der Waals surface area (Å²) in [6.07, 6.45) is 1.42. The van der Waals surface area contributed by atoms with E-state index in [1.807, 2.05) is 0 Å². The molecule has 0 fully saturated rings. The first kappa shape index (κ1) is 14.5. The summed E-state index contributed by atoms with van der Waals surface area (Å²) >= 11 is 0. The lowest BCUT2D eigenvalue weighted by atomic mass is 10.0. The molecular formula is C15H13NO5. The molecule has 2 N–H and O–H groups in total. The molecule has 2 rings (SSSR count). The van der Waals surface area contributed by atoms with E-state index < -0.39 is 17.5 Å². The Morgan fingerprint density at radius 1 is 1.19 bits per heavy atom. The first-order valence-electron chi connectivity index (χ1n) is 6.26. The van der Waals surface area contributed by atoms with Gasteiger partial charge >= 0.3 is 11.9 Å². The molecule has 6 nitrogen and oxygen atoms in total. The molecule has 0 aliphatic carbocycles. The molecule has 1 heterocycles. The molecule has 0 saturated heterocycles. The van der Waals surface area contributed by atoms with Gasteiger partial charge in [0.25, 0.3) is 5.56 Å².